The number of nitrogens with zero attached hydrogens (tertiary/aromatic N) is 1. The molecule has 0 fully saturated rings. The lowest BCUT2D eigenvalue weighted by molar-refractivity contribution is -0.136. The number of thiophene rings is 1. The van der Waals surface area contributed by atoms with Crippen molar-refractivity contribution in [2.24, 2.45) is 0 Å². The smallest absolute Gasteiger partial charge is 0.307 e. The van der Waals surface area contributed by atoms with Crippen molar-refractivity contribution in [1.82, 2.24) is 4.57 Å². The van der Waals surface area contributed by atoms with Gasteiger partial charge in [0.2, 0.25) is 0 Å². The Labute approximate surface area is 165 Å². The molecule has 0 spiro atoms. The zero-order chi connectivity index (χ0) is 19.9. The first-order chi connectivity index (χ1) is 12.7. The van der Waals surface area contributed by atoms with Crippen LogP contribution < -0.4 is 0 Å². The molecule has 3 rings (SSSR count). The first kappa shape index (κ1) is 19.7. The van der Waals surface area contributed by atoms with E-state index in [4.69, 9.17) is 11.6 Å². The minimum Gasteiger partial charge on any atom is -0.506 e. The van der Waals surface area contributed by atoms with E-state index >= 15 is 0 Å². The Balaban J connectivity index is 2.16. The number of benzene rings is 1. The molecule has 10 heteroatoms. The van der Waals surface area contributed by atoms with E-state index in [0.717, 1.165) is 11.3 Å². The van der Waals surface area contributed by atoms with Crippen LogP contribution in [0, 0.1) is 6.92 Å². The van der Waals surface area contributed by atoms with Crippen LogP contribution in [0.2, 0.25) is 5.02 Å². The maximum Gasteiger partial charge on any atom is 0.307 e. The van der Waals surface area contributed by atoms with Gasteiger partial charge < -0.3 is 10.2 Å². The number of aromatic nitrogens is 1. The second-order valence-electron chi connectivity index (χ2n) is 5.63. The molecule has 0 bridgehead atoms. The van der Waals surface area contributed by atoms with Gasteiger partial charge in [-0.25, -0.2) is 0 Å². The fourth-order valence-corrected chi connectivity index (χ4v) is 4.55. The number of carboxylic acids is 1. The number of aliphatic carboxylic acids is 1. The van der Waals surface area contributed by atoms with Gasteiger partial charge in [0.15, 0.2) is 0 Å². The molecule has 27 heavy (non-hydrogen) atoms. The summed E-state index contributed by atoms with van der Waals surface area (Å²) in [5.41, 5.74) is 1.29. The predicted octanol–water partition coefficient (Wildman–Crippen LogP) is 5.00. The Morgan fingerprint density at radius 3 is 2.67 bits per heavy atom. The molecular formula is C17H12ClF2NO4S2. The standard InChI is InChI=1S/C17H12ClF2NO4S2/c1-7-9(4-14(23)24)10-3-13(22)11(18)5-12(10)21(7)16(25)8-2-15(26-6-8)27-17(19)20/h2-3,5-6,17,22H,4H2,1H3,(H,23,24). The number of halogens is 3. The Hall–Kier alpha value is -2.10. The Morgan fingerprint density at radius 1 is 1.33 bits per heavy atom. The number of thioether (sulfide) groups is 1. The van der Waals surface area contributed by atoms with E-state index in [9.17, 15) is 28.6 Å². The van der Waals surface area contributed by atoms with Crippen molar-refractivity contribution in [3.05, 3.63) is 45.4 Å². The van der Waals surface area contributed by atoms with Crippen LogP contribution in [-0.2, 0) is 11.2 Å². The first-order valence-electron chi connectivity index (χ1n) is 7.51. The molecule has 0 radical (unpaired) electrons. The summed E-state index contributed by atoms with van der Waals surface area (Å²) in [6.07, 6.45) is -0.347. The van der Waals surface area contributed by atoms with Crippen LogP contribution >= 0.6 is 34.7 Å². The van der Waals surface area contributed by atoms with Gasteiger partial charge in [0.25, 0.3) is 11.7 Å². The molecular weight excluding hydrogens is 420 g/mol. The molecule has 2 aromatic heterocycles. The van der Waals surface area contributed by atoms with Gasteiger partial charge in [-0.15, -0.1) is 11.3 Å². The number of phenols is 1. The number of carbonyl (C=O) groups excluding carboxylic acids is 1. The monoisotopic (exact) mass is 431 g/mol. The third-order valence-corrected chi connectivity index (χ3v) is 6.09. The lowest BCUT2D eigenvalue weighted by atomic mass is 10.1. The summed E-state index contributed by atoms with van der Waals surface area (Å²) in [7, 11) is 0. The van der Waals surface area contributed by atoms with Gasteiger partial charge in [0, 0.05) is 16.5 Å². The number of hydrogen-bond acceptors (Lipinski definition) is 5. The average molecular weight is 432 g/mol. The summed E-state index contributed by atoms with van der Waals surface area (Å²) < 4.78 is 26.6. The number of rotatable bonds is 5. The molecule has 0 saturated carbocycles. The molecule has 3 aromatic rings. The number of fused-ring (bicyclic) bond motifs is 1. The topological polar surface area (TPSA) is 79.5 Å². The van der Waals surface area contributed by atoms with Crippen LogP contribution in [0.5, 0.6) is 5.75 Å². The van der Waals surface area contributed by atoms with Crippen molar-refractivity contribution in [3.8, 4) is 5.75 Å². The predicted molar refractivity (Wildman–Crippen MR) is 101 cm³/mol. The van der Waals surface area contributed by atoms with Crippen LogP contribution in [0.15, 0.2) is 27.8 Å². The largest absolute Gasteiger partial charge is 0.506 e. The summed E-state index contributed by atoms with van der Waals surface area (Å²) in [5, 5.41) is 20.9. The second kappa shape index (κ2) is 7.49. The zero-order valence-corrected chi connectivity index (χ0v) is 16.1. The third kappa shape index (κ3) is 3.80. The summed E-state index contributed by atoms with van der Waals surface area (Å²) in [6, 6.07) is 4.07. The van der Waals surface area contributed by atoms with E-state index in [0.29, 0.717) is 38.1 Å². The summed E-state index contributed by atoms with van der Waals surface area (Å²) in [5.74, 6) is -4.41. The highest BCUT2D eigenvalue weighted by Crippen LogP contribution is 2.36. The van der Waals surface area contributed by atoms with Crippen molar-refractivity contribution < 1.29 is 28.6 Å². The number of alkyl halides is 2. The number of carbonyl (C=O) groups is 2. The lowest BCUT2D eigenvalue weighted by Gasteiger charge is -2.06. The molecule has 2 heterocycles. The van der Waals surface area contributed by atoms with Crippen LogP contribution in [0.4, 0.5) is 8.78 Å². The summed E-state index contributed by atoms with van der Waals surface area (Å²) in [6.45, 7) is 1.59. The minimum atomic E-state index is -2.59. The highest BCUT2D eigenvalue weighted by molar-refractivity contribution is 8.01. The van der Waals surface area contributed by atoms with E-state index in [1.165, 1.54) is 28.1 Å². The van der Waals surface area contributed by atoms with Crippen LogP contribution in [-0.4, -0.2) is 32.4 Å². The van der Waals surface area contributed by atoms with Gasteiger partial charge in [-0.05, 0) is 42.4 Å². The molecule has 0 aliphatic rings. The van der Waals surface area contributed by atoms with Gasteiger partial charge in [-0.1, -0.05) is 11.6 Å². The van der Waals surface area contributed by atoms with Gasteiger partial charge in [0.05, 0.1) is 26.7 Å². The average Bonchev–Trinajstić information content (AvgIpc) is 3.11. The van der Waals surface area contributed by atoms with Gasteiger partial charge in [0.1, 0.15) is 5.75 Å². The van der Waals surface area contributed by atoms with Crippen LogP contribution in [0.25, 0.3) is 10.9 Å². The van der Waals surface area contributed by atoms with E-state index in [1.807, 2.05) is 0 Å². The third-order valence-electron chi connectivity index (χ3n) is 3.96. The van der Waals surface area contributed by atoms with Crippen molar-refractivity contribution in [1.29, 1.82) is 0 Å². The Bertz CT molecular complexity index is 1060. The fraction of sp³-hybridized carbons (Fsp3) is 0.176. The normalized spacial score (nSPS) is 11.4. The molecule has 0 amide bonds. The number of aromatic hydroxyl groups is 1. The molecule has 0 unspecified atom stereocenters. The second-order valence-corrected chi connectivity index (χ2v) is 8.24. The first-order valence-corrected chi connectivity index (χ1v) is 9.65. The van der Waals surface area contributed by atoms with Gasteiger partial charge in [-0.2, -0.15) is 8.78 Å². The van der Waals surface area contributed by atoms with E-state index in [2.05, 4.69) is 0 Å². The molecule has 0 aliphatic carbocycles. The van der Waals surface area contributed by atoms with Crippen molar-refractivity contribution in [2.75, 3.05) is 0 Å². The number of carboxylic acid groups (broad SMARTS) is 1. The molecule has 0 saturated heterocycles. The SMILES string of the molecule is Cc1c(CC(=O)O)c2cc(O)c(Cl)cc2n1C(=O)c1csc(SC(F)F)c1. The maximum atomic E-state index is 13.0. The van der Waals surface area contributed by atoms with Crippen molar-refractivity contribution in [2.45, 2.75) is 23.3 Å². The van der Waals surface area contributed by atoms with Crippen LogP contribution in [0.1, 0.15) is 21.6 Å². The maximum absolute atomic E-state index is 13.0. The lowest BCUT2D eigenvalue weighted by Crippen LogP contribution is -2.13. The zero-order valence-electron chi connectivity index (χ0n) is 13.7. The van der Waals surface area contributed by atoms with Gasteiger partial charge in [-0.3, -0.25) is 14.2 Å². The molecule has 2 N–H and O–H groups in total. The molecule has 1 aromatic carbocycles. The quantitative estimate of drug-likeness (QED) is 0.556. The van der Waals surface area contributed by atoms with Crippen LogP contribution in [0.3, 0.4) is 0 Å². The molecule has 142 valence electrons. The van der Waals surface area contributed by atoms with E-state index < -0.39 is 17.6 Å². The van der Waals surface area contributed by atoms with E-state index in [-0.39, 0.29) is 22.8 Å². The van der Waals surface area contributed by atoms with Gasteiger partial charge >= 0.3 is 5.97 Å². The Morgan fingerprint density at radius 2 is 2.04 bits per heavy atom. The fourth-order valence-electron chi connectivity index (χ4n) is 2.83. The molecule has 5 nitrogen and oxygen atoms in total. The number of phenolic OH excluding ortho intramolecular Hbond substituents is 1. The van der Waals surface area contributed by atoms with E-state index in [1.54, 1.807) is 6.92 Å². The summed E-state index contributed by atoms with van der Waals surface area (Å²) >= 11 is 7.34. The Kier molecular flexibility index (Phi) is 5.45. The van der Waals surface area contributed by atoms with Crippen molar-refractivity contribution in [3.63, 3.8) is 0 Å². The van der Waals surface area contributed by atoms with Crippen molar-refractivity contribution >= 4 is 57.5 Å². The molecule has 0 atom stereocenters. The minimum absolute atomic E-state index is 0.00943. The number of hydrogen-bond donors (Lipinski definition) is 2. The molecule has 0 aliphatic heterocycles. The highest BCUT2D eigenvalue weighted by atomic mass is 35.5. The summed E-state index contributed by atoms with van der Waals surface area (Å²) in [4.78, 5) is 24.2. The highest BCUT2D eigenvalue weighted by Gasteiger charge is 2.23.